The van der Waals surface area contributed by atoms with Gasteiger partial charge in [-0.25, -0.2) is 9.97 Å². The standard InChI is InChI=1S/C13H8N4.Pt/c1-3-8-10(14-5-1)11-9(4-2-6-15-11)13-12(8)16-7-17-13;/h1-7,14H;/q;+2. The van der Waals surface area contributed by atoms with Gasteiger partial charge in [0.25, 0.3) is 0 Å². The maximum absolute atomic E-state index is 4.44. The summed E-state index contributed by atoms with van der Waals surface area (Å²) >= 11 is 0. The smallest absolute Gasteiger partial charge is 0.359 e. The van der Waals surface area contributed by atoms with Gasteiger partial charge in [0.1, 0.15) is 17.4 Å². The normalized spacial score (nSPS) is 10.9. The van der Waals surface area contributed by atoms with E-state index in [2.05, 4.69) is 19.9 Å². The van der Waals surface area contributed by atoms with Crippen molar-refractivity contribution >= 4 is 32.8 Å². The Kier molecular flexibility index (Phi) is 2.60. The second kappa shape index (κ2) is 4.14. The molecule has 4 rings (SSSR count). The number of pyridine rings is 2. The Labute approximate surface area is 117 Å². The van der Waals surface area contributed by atoms with Gasteiger partial charge in [0.05, 0.1) is 11.0 Å². The molecule has 0 aliphatic rings. The van der Waals surface area contributed by atoms with Crippen LogP contribution < -0.4 is 0 Å². The van der Waals surface area contributed by atoms with Crippen molar-refractivity contribution in [2.24, 2.45) is 0 Å². The number of nitrogens with one attached hydrogen (secondary N) is 1. The van der Waals surface area contributed by atoms with Crippen LogP contribution in [0.4, 0.5) is 0 Å². The minimum atomic E-state index is 0. The molecule has 88 valence electrons. The van der Waals surface area contributed by atoms with Crippen molar-refractivity contribution < 1.29 is 21.1 Å². The van der Waals surface area contributed by atoms with Crippen LogP contribution in [-0.4, -0.2) is 19.9 Å². The number of aromatic amines is 1. The Balaban J connectivity index is 0.000001000. The van der Waals surface area contributed by atoms with Gasteiger partial charge >= 0.3 is 21.1 Å². The molecule has 4 nitrogen and oxygen atoms in total. The third-order valence-electron chi connectivity index (χ3n) is 3.01. The molecule has 5 heteroatoms. The van der Waals surface area contributed by atoms with Crippen LogP contribution in [0.2, 0.25) is 0 Å². The zero-order chi connectivity index (χ0) is 11.2. The zero-order valence-electron chi connectivity index (χ0n) is 9.20. The van der Waals surface area contributed by atoms with Crippen molar-refractivity contribution in [2.75, 3.05) is 0 Å². The van der Waals surface area contributed by atoms with E-state index in [1.807, 2.05) is 30.5 Å². The van der Waals surface area contributed by atoms with Crippen molar-refractivity contribution in [1.82, 2.24) is 19.9 Å². The van der Waals surface area contributed by atoms with E-state index in [0.717, 1.165) is 32.8 Å². The first-order valence-electron chi connectivity index (χ1n) is 5.39. The predicted molar refractivity (Wildman–Crippen MR) is 66.7 cm³/mol. The van der Waals surface area contributed by atoms with Gasteiger partial charge in [-0.05, 0) is 24.3 Å². The molecule has 0 aliphatic carbocycles. The van der Waals surface area contributed by atoms with E-state index < -0.39 is 0 Å². The van der Waals surface area contributed by atoms with Crippen molar-refractivity contribution in [1.29, 1.82) is 0 Å². The number of rotatable bonds is 0. The molecule has 1 N–H and O–H groups in total. The molecule has 0 saturated carbocycles. The Hall–Kier alpha value is -1.80. The summed E-state index contributed by atoms with van der Waals surface area (Å²) in [7, 11) is 0. The third-order valence-corrected chi connectivity index (χ3v) is 3.01. The van der Waals surface area contributed by atoms with Crippen LogP contribution in [0.15, 0.2) is 43.0 Å². The number of aromatic nitrogens is 4. The molecule has 0 saturated heterocycles. The minimum Gasteiger partial charge on any atom is -0.359 e. The molecule has 0 bridgehead atoms. The van der Waals surface area contributed by atoms with Crippen LogP contribution in [0.1, 0.15) is 0 Å². The fraction of sp³-hybridized carbons (Fsp3) is 0. The quantitative estimate of drug-likeness (QED) is 0.450. The summed E-state index contributed by atoms with van der Waals surface area (Å²) in [5.74, 6) is 0. The molecule has 0 fully saturated rings. The van der Waals surface area contributed by atoms with Gasteiger partial charge < -0.3 is 4.98 Å². The summed E-state index contributed by atoms with van der Waals surface area (Å²) in [4.78, 5) is 16.4. The summed E-state index contributed by atoms with van der Waals surface area (Å²) < 4.78 is 0. The van der Waals surface area contributed by atoms with E-state index in [1.54, 1.807) is 12.5 Å². The van der Waals surface area contributed by atoms with Crippen molar-refractivity contribution in [3.8, 4) is 0 Å². The first kappa shape index (κ1) is 11.3. The van der Waals surface area contributed by atoms with Crippen LogP contribution in [0.3, 0.4) is 0 Å². The Morgan fingerprint density at radius 3 is 2.50 bits per heavy atom. The van der Waals surface area contributed by atoms with Gasteiger partial charge in [0.15, 0.2) is 0 Å². The number of fused-ring (bicyclic) bond motifs is 6. The van der Waals surface area contributed by atoms with Gasteiger partial charge in [0.2, 0.25) is 0 Å². The van der Waals surface area contributed by atoms with Crippen LogP contribution in [0.25, 0.3) is 32.8 Å². The molecular formula is C13H8N4Pt+2. The van der Waals surface area contributed by atoms with Crippen LogP contribution in [0.5, 0.6) is 0 Å². The van der Waals surface area contributed by atoms with Crippen molar-refractivity contribution in [3.63, 3.8) is 0 Å². The maximum Gasteiger partial charge on any atom is 2.00 e. The van der Waals surface area contributed by atoms with Gasteiger partial charge in [-0.15, -0.1) is 0 Å². The largest absolute Gasteiger partial charge is 2.00 e. The first-order valence-corrected chi connectivity index (χ1v) is 5.39. The molecule has 3 aromatic heterocycles. The summed E-state index contributed by atoms with van der Waals surface area (Å²) in [6.45, 7) is 0. The molecule has 0 radical (unpaired) electrons. The molecule has 0 unspecified atom stereocenters. The average Bonchev–Trinajstić information content (AvgIpc) is 2.89. The summed E-state index contributed by atoms with van der Waals surface area (Å²) in [6.07, 6.45) is 5.30. The van der Waals surface area contributed by atoms with Crippen LogP contribution in [-0.2, 0) is 21.1 Å². The minimum absolute atomic E-state index is 0. The molecule has 0 atom stereocenters. The maximum atomic E-state index is 4.44. The predicted octanol–water partition coefficient (Wildman–Crippen LogP) is 2.66. The number of benzene rings is 1. The fourth-order valence-corrected chi connectivity index (χ4v) is 2.29. The van der Waals surface area contributed by atoms with Crippen LogP contribution >= 0.6 is 0 Å². The zero-order valence-corrected chi connectivity index (χ0v) is 11.5. The molecule has 0 amide bonds. The van der Waals surface area contributed by atoms with Crippen LogP contribution in [0, 0.1) is 0 Å². The van der Waals surface area contributed by atoms with E-state index in [0.29, 0.717) is 0 Å². The van der Waals surface area contributed by atoms with E-state index in [4.69, 9.17) is 0 Å². The summed E-state index contributed by atoms with van der Waals surface area (Å²) in [5.41, 5.74) is 3.80. The number of nitrogens with zero attached hydrogens (tertiary/aromatic N) is 3. The summed E-state index contributed by atoms with van der Waals surface area (Å²) in [6, 6.07) is 7.95. The molecule has 3 heterocycles. The van der Waals surface area contributed by atoms with E-state index >= 15 is 0 Å². The second-order valence-electron chi connectivity index (χ2n) is 3.93. The Bertz CT molecular complexity index is 783. The first-order chi connectivity index (χ1) is 8.45. The fourth-order valence-electron chi connectivity index (χ4n) is 2.29. The van der Waals surface area contributed by atoms with Crippen molar-refractivity contribution in [2.45, 2.75) is 0 Å². The second-order valence-corrected chi connectivity index (χ2v) is 3.93. The Morgan fingerprint density at radius 1 is 0.833 bits per heavy atom. The topological polar surface area (TPSA) is 54.5 Å². The molecule has 0 spiro atoms. The van der Waals surface area contributed by atoms with E-state index in [9.17, 15) is 0 Å². The molecule has 18 heavy (non-hydrogen) atoms. The summed E-state index contributed by atoms with van der Waals surface area (Å²) in [5, 5.41) is 2.10. The van der Waals surface area contributed by atoms with Gasteiger partial charge in [-0.1, -0.05) is 0 Å². The molecular weight excluding hydrogens is 407 g/mol. The molecule has 4 aromatic rings. The van der Waals surface area contributed by atoms with E-state index in [-0.39, 0.29) is 21.1 Å². The monoisotopic (exact) mass is 415 g/mol. The van der Waals surface area contributed by atoms with Gasteiger partial charge in [-0.3, -0.25) is 4.98 Å². The third kappa shape index (κ3) is 1.39. The molecule has 0 aliphatic heterocycles. The number of imidazole rings is 1. The average molecular weight is 415 g/mol. The number of hydrogen-bond acceptors (Lipinski definition) is 3. The number of H-pyrrole nitrogens is 1. The number of hydrogen-bond donors (Lipinski definition) is 1. The van der Waals surface area contributed by atoms with E-state index in [1.165, 1.54) is 0 Å². The molecule has 1 aromatic carbocycles. The van der Waals surface area contributed by atoms with Gasteiger partial charge in [-0.2, -0.15) is 0 Å². The van der Waals surface area contributed by atoms with Gasteiger partial charge in [0, 0.05) is 23.2 Å². The van der Waals surface area contributed by atoms with Crippen molar-refractivity contribution in [3.05, 3.63) is 43.0 Å². The SMILES string of the molecule is [Pt+2].c1cnc2c(c1)c1ncnc1c1ccc[nH]c12. The Morgan fingerprint density at radius 2 is 1.61 bits per heavy atom.